The normalized spacial score (nSPS) is 24.1. The molecule has 0 aromatic rings. The number of likely N-dealkylation sites (tertiary alicyclic amines) is 1. The predicted molar refractivity (Wildman–Crippen MR) is 67.8 cm³/mol. The molecule has 2 fully saturated rings. The molecule has 2 rings (SSSR count). The van der Waals surface area contributed by atoms with Gasteiger partial charge in [-0.05, 0) is 43.3 Å². The second-order valence-corrected chi connectivity index (χ2v) is 4.39. The molecule has 0 aromatic carbocycles. The number of allylic oxidation sites excluding steroid dienone is 2. The van der Waals surface area contributed by atoms with Crippen molar-refractivity contribution in [3.63, 3.8) is 0 Å². The molecule has 0 spiro atoms. The average Bonchev–Trinajstić information content (AvgIpc) is 3.07. The van der Waals surface area contributed by atoms with Gasteiger partial charge in [-0.15, -0.1) is 0 Å². The second-order valence-electron chi connectivity index (χ2n) is 4.39. The lowest BCUT2D eigenvalue weighted by atomic mass is 9.99. The summed E-state index contributed by atoms with van der Waals surface area (Å²) in [6.45, 7) is 12.8. The molecule has 1 heterocycles. The summed E-state index contributed by atoms with van der Waals surface area (Å²) >= 11 is 0. The average molecular weight is 207 g/mol. The Hall–Kier alpha value is -0.720. The molecule has 1 aliphatic carbocycles. The Balaban J connectivity index is 0.000000531. The van der Waals surface area contributed by atoms with Gasteiger partial charge >= 0.3 is 0 Å². The number of hydrogen-bond acceptors (Lipinski definition) is 1. The topological polar surface area (TPSA) is 3.24 Å². The van der Waals surface area contributed by atoms with Crippen LogP contribution in [0.4, 0.5) is 0 Å². The van der Waals surface area contributed by atoms with Gasteiger partial charge in [0, 0.05) is 18.8 Å². The zero-order valence-corrected chi connectivity index (χ0v) is 10.6. The minimum absolute atomic E-state index is 0.864. The number of hydrogen-bond donors (Lipinski definition) is 0. The van der Waals surface area contributed by atoms with Gasteiger partial charge in [0.2, 0.25) is 0 Å². The van der Waals surface area contributed by atoms with Gasteiger partial charge in [-0.25, -0.2) is 0 Å². The van der Waals surface area contributed by atoms with Crippen molar-refractivity contribution in [2.75, 3.05) is 13.1 Å². The fraction of sp³-hybridized carbons (Fsp3) is 0.714. The summed E-state index contributed by atoms with van der Waals surface area (Å²) in [6.07, 6.45) is 7.43. The van der Waals surface area contributed by atoms with E-state index in [0.29, 0.717) is 0 Å². The van der Waals surface area contributed by atoms with Gasteiger partial charge in [0.1, 0.15) is 0 Å². The van der Waals surface area contributed by atoms with Crippen LogP contribution < -0.4 is 0 Å². The first kappa shape index (κ1) is 12.4. The van der Waals surface area contributed by atoms with Crippen molar-refractivity contribution in [2.45, 2.75) is 46.5 Å². The highest BCUT2D eigenvalue weighted by Gasteiger charge is 2.23. The van der Waals surface area contributed by atoms with Crippen LogP contribution >= 0.6 is 0 Å². The van der Waals surface area contributed by atoms with E-state index in [1.54, 1.807) is 5.57 Å². The van der Waals surface area contributed by atoms with Crippen molar-refractivity contribution in [3.05, 3.63) is 23.9 Å². The monoisotopic (exact) mass is 207 g/mol. The Kier molecular flexibility index (Phi) is 4.93. The zero-order valence-electron chi connectivity index (χ0n) is 10.6. The van der Waals surface area contributed by atoms with Crippen LogP contribution in [-0.4, -0.2) is 18.0 Å². The molecular weight excluding hydrogens is 182 g/mol. The largest absolute Gasteiger partial charge is 0.371 e. The maximum Gasteiger partial charge on any atom is 0.0352 e. The molecule has 0 amide bonds. The van der Waals surface area contributed by atoms with E-state index in [4.69, 9.17) is 0 Å². The van der Waals surface area contributed by atoms with Crippen LogP contribution in [0.3, 0.4) is 0 Å². The third kappa shape index (κ3) is 3.40. The van der Waals surface area contributed by atoms with E-state index >= 15 is 0 Å². The van der Waals surface area contributed by atoms with E-state index in [1.807, 2.05) is 13.8 Å². The van der Waals surface area contributed by atoms with E-state index in [-0.39, 0.29) is 0 Å². The van der Waals surface area contributed by atoms with E-state index in [0.717, 1.165) is 5.92 Å². The quantitative estimate of drug-likeness (QED) is 0.662. The smallest absolute Gasteiger partial charge is 0.0352 e. The molecule has 1 saturated carbocycles. The first-order valence-electron chi connectivity index (χ1n) is 6.40. The highest BCUT2D eigenvalue weighted by Crippen LogP contribution is 2.35. The Morgan fingerprint density at radius 3 is 2.53 bits per heavy atom. The van der Waals surface area contributed by atoms with Crippen molar-refractivity contribution in [1.82, 2.24) is 4.90 Å². The maximum absolute atomic E-state index is 3.92. The van der Waals surface area contributed by atoms with Crippen molar-refractivity contribution in [3.8, 4) is 0 Å². The summed E-state index contributed by atoms with van der Waals surface area (Å²) < 4.78 is 0. The summed E-state index contributed by atoms with van der Waals surface area (Å²) in [7, 11) is 0. The van der Waals surface area contributed by atoms with Gasteiger partial charge in [0.05, 0.1) is 0 Å². The molecule has 2 aliphatic rings. The van der Waals surface area contributed by atoms with Gasteiger partial charge in [-0.2, -0.15) is 0 Å². The molecule has 0 bridgehead atoms. The number of nitrogens with zero attached hydrogens (tertiary/aromatic N) is 1. The van der Waals surface area contributed by atoms with Crippen LogP contribution in [0.15, 0.2) is 23.9 Å². The molecule has 1 aliphatic heterocycles. The van der Waals surface area contributed by atoms with E-state index < -0.39 is 0 Å². The lowest BCUT2D eigenvalue weighted by molar-refractivity contribution is 0.234. The van der Waals surface area contributed by atoms with E-state index in [9.17, 15) is 0 Å². The molecular formula is C14H25N. The highest BCUT2D eigenvalue weighted by molar-refractivity contribution is 5.31. The summed E-state index contributed by atoms with van der Waals surface area (Å²) in [5.74, 6) is 0.864. The Bertz CT molecular complexity index is 234. The second kappa shape index (κ2) is 5.99. The molecule has 1 atom stereocenters. The summed E-state index contributed by atoms with van der Waals surface area (Å²) in [5.41, 5.74) is 3.08. The molecule has 86 valence electrons. The minimum Gasteiger partial charge on any atom is -0.371 e. The maximum atomic E-state index is 3.92. The third-order valence-corrected chi connectivity index (χ3v) is 3.05. The summed E-state index contributed by atoms with van der Waals surface area (Å²) in [4.78, 5) is 2.53. The van der Waals surface area contributed by atoms with Crippen molar-refractivity contribution >= 4 is 0 Å². The van der Waals surface area contributed by atoms with Crippen LogP contribution in [0.25, 0.3) is 0 Å². The lowest BCUT2D eigenvalue weighted by Gasteiger charge is -2.33. The molecule has 1 saturated heterocycles. The van der Waals surface area contributed by atoms with Crippen LogP contribution in [-0.2, 0) is 0 Å². The lowest BCUT2D eigenvalue weighted by Crippen LogP contribution is -2.33. The first-order chi connectivity index (χ1) is 7.31. The Morgan fingerprint density at radius 1 is 1.40 bits per heavy atom. The molecule has 1 heteroatoms. The molecule has 0 aromatic heterocycles. The van der Waals surface area contributed by atoms with Crippen molar-refractivity contribution in [1.29, 1.82) is 0 Å². The first-order valence-corrected chi connectivity index (χ1v) is 6.40. The van der Waals surface area contributed by atoms with Gasteiger partial charge in [0.15, 0.2) is 0 Å². The van der Waals surface area contributed by atoms with Crippen molar-refractivity contribution < 1.29 is 0 Å². The Labute approximate surface area is 94.9 Å². The van der Waals surface area contributed by atoms with Crippen molar-refractivity contribution in [2.24, 2.45) is 5.92 Å². The van der Waals surface area contributed by atoms with Gasteiger partial charge < -0.3 is 4.90 Å². The molecule has 0 N–H and O–H groups in total. The van der Waals surface area contributed by atoms with Gasteiger partial charge in [-0.3, -0.25) is 0 Å². The molecule has 1 unspecified atom stereocenters. The summed E-state index contributed by atoms with van der Waals surface area (Å²) in [5, 5.41) is 0. The van der Waals surface area contributed by atoms with E-state index in [2.05, 4.69) is 24.5 Å². The SMILES string of the molecule is C=CC(=C1CC1)N1CCCC(C)C1.CC. The molecule has 0 radical (unpaired) electrons. The number of rotatable bonds is 2. The van der Waals surface area contributed by atoms with Crippen LogP contribution in [0, 0.1) is 5.92 Å². The third-order valence-electron chi connectivity index (χ3n) is 3.05. The predicted octanol–water partition coefficient (Wildman–Crippen LogP) is 3.98. The zero-order chi connectivity index (χ0) is 11.3. The fourth-order valence-electron chi connectivity index (χ4n) is 2.22. The minimum atomic E-state index is 0.864. The van der Waals surface area contributed by atoms with Crippen LogP contribution in [0.1, 0.15) is 46.5 Å². The van der Waals surface area contributed by atoms with Crippen LogP contribution in [0.5, 0.6) is 0 Å². The fourth-order valence-corrected chi connectivity index (χ4v) is 2.22. The van der Waals surface area contributed by atoms with Gasteiger partial charge in [-0.1, -0.05) is 27.4 Å². The Morgan fingerprint density at radius 2 is 2.07 bits per heavy atom. The standard InChI is InChI=1S/C12H19N.C2H6/c1-3-12(11-6-7-11)13-8-4-5-10(2)9-13;1-2/h3,10H,1,4-9H2,2H3;1-2H3. The van der Waals surface area contributed by atoms with Crippen LogP contribution in [0.2, 0.25) is 0 Å². The van der Waals surface area contributed by atoms with E-state index in [1.165, 1.54) is 44.5 Å². The molecule has 15 heavy (non-hydrogen) atoms. The molecule has 1 nitrogen and oxygen atoms in total. The van der Waals surface area contributed by atoms with Gasteiger partial charge in [0.25, 0.3) is 0 Å². The number of piperidine rings is 1. The highest BCUT2D eigenvalue weighted by atomic mass is 15.1. The summed E-state index contributed by atoms with van der Waals surface area (Å²) in [6, 6.07) is 0.